The summed E-state index contributed by atoms with van der Waals surface area (Å²) >= 11 is 0. The lowest BCUT2D eigenvalue weighted by molar-refractivity contribution is 0.0600. The largest absolute Gasteiger partial charge is 0.465 e. The lowest BCUT2D eigenvalue weighted by Gasteiger charge is -1.99. The van der Waals surface area contributed by atoms with Gasteiger partial charge in [0.25, 0.3) is 0 Å². The maximum Gasteiger partial charge on any atom is 0.427 e. The summed E-state index contributed by atoms with van der Waals surface area (Å²) in [5, 5.41) is 3.64. The number of hydrazone groups is 1. The molecule has 0 fully saturated rings. The number of nitrogens with one attached hydrogen (secondary N) is 1. The van der Waals surface area contributed by atoms with E-state index in [4.69, 9.17) is 0 Å². The average Bonchev–Trinajstić information content (AvgIpc) is 2.38. The predicted octanol–water partition coefficient (Wildman–Crippen LogP) is 1.16. The van der Waals surface area contributed by atoms with Gasteiger partial charge < -0.3 is 9.47 Å². The van der Waals surface area contributed by atoms with E-state index < -0.39 is 12.1 Å². The molecule has 17 heavy (non-hydrogen) atoms. The van der Waals surface area contributed by atoms with Gasteiger partial charge in [0.05, 0.1) is 26.0 Å². The molecule has 1 aromatic rings. The van der Waals surface area contributed by atoms with Crippen molar-refractivity contribution in [2.45, 2.75) is 0 Å². The molecule has 0 radical (unpaired) electrons. The van der Waals surface area contributed by atoms with Gasteiger partial charge >= 0.3 is 12.1 Å². The highest BCUT2D eigenvalue weighted by atomic mass is 16.5. The molecule has 1 aromatic carbocycles. The monoisotopic (exact) mass is 236 g/mol. The molecule has 6 nitrogen and oxygen atoms in total. The van der Waals surface area contributed by atoms with E-state index in [0.717, 1.165) is 5.56 Å². The number of benzene rings is 1. The number of hydrogen-bond acceptors (Lipinski definition) is 5. The smallest absolute Gasteiger partial charge is 0.427 e. The summed E-state index contributed by atoms with van der Waals surface area (Å²) in [5.41, 5.74) is 3.33. The molecule has 1 rings (SSSR count). The number of ether oxygens (including phenoxy) is 2. The molecule has 1 N–H and O–H groups in total. The van der Waals surface area contributed by atoms with E-state index in [0.29, 0.717) is 5.56 Å². The second-order valence-electron chi connectivity index (χ2n) is 2.98. The minimum atomic E-state index is -0.646. The fourth-order valence-corrected chi connectivity index (χ4v) is 1.03. The van der Waals surface area contributed by atoms with E-state index in [9.17, 15) is 9.59 Å². The van der Waals surface area contributed by atoms with Crippen molar-refractivity contribution in [2.24, 2.45) is 5.10 Å². The van der Waals surface area contributed by atoms with Crippen LogP contribution in [0, 0.1) is 0 Å². The molecule has 0 bridgehead atoms. The minimum Gasteiger partial charge on any atom is -0.465 e. The highest BCUT2D eigenvalue weighted by molar-refractivity contribution is 5.90. The fourth-order valence-electron chi connectivity index (χ4n) is 1.03. The second kappa shape index (κ2) is 6.26. The number of nitrogens with zero attached hydrogens (tertiary/aromatic N) is 1. The Morgan fingerprint density at radius 2 is 1.82 bits per heavy atom. The van der Waals surface area contributed by atoms with Crippen molar-refractivity contribution in [1.29, 1.82) is 0 Å². The first-order chi connectivity index (χ1) is 8.17. The molecule has 0 saturated heterocycles. The first kappa shape index (κ1) is 12.7. The third-order valence-corrected chi connectivity index (χ3v) is 1.89. The number of carbonyl (C=O) groups is 2. The molecule has 6 heteroatoms. The summed E-state index contributed by atoms with van der Waals surface area (Å²) in [5.74, 6) is -0.402. The van der Waals surface area contributed by atoms with Crippen molar-refractivity contribution in [3.8, 4) is 0 Å². The van der Waals surface area contributed by atoms with Gasteiger partial charge in [-0.15, -0.1) is 0 Å². The van der Waals surface area contributed by atoms with Crippen LogP contribution in [-0.4, -0.2) is 32.5 Å². The lowest BCUT2D eigenvalue weighted by atomic mass is 10.1. The molecule has 1 amide bonds. The molecule has 0 spiro atoms. The Bertz CT molecular complexity index is 426. The Hall–Kier alpha value is -2.37. The van der Waals surface area contributed by atoms with Crippen molar-refractivity contribution in [2.75, 3.05) is 14.2 Å². The number of carbonyl (C=O) groups excluding carboxylic acids is 2. The van der Waals surface area contributed by atoms with Gasteiger partial charge in [-0.25, -0.2) is 15.0 Å². The van der Waals surface area contributed by atoms with E-state index in [1.165, 1.54) is 20.4 Å². The normalized spacial score (nSPS) is 10.0. The first-order valence-electron chi connectivity index (χ1n) is 4.72. The van der Waals surface area contributed by atoms with Crippen LogP contribution in [0.25, 0.3) is 0 Å². The molecular weight excluding hydrogens is 224 g/mol. The lowest BCUT2D eigenvalue weighted by Crippen LogP contribution is -2.16. The van der Waals surface area contributed by atoms with Gasteiger partial charge in [-0.3, -0.25) is 0 Å². The van der Waals surface area contributed by atoms with E-state index in [1.54, 1.807) is 24.3 Å². The highest BCUT2D eigenvalue weighted by Gasteiger charge is 2.03. The van der Waals surface area contributed by atoms with Crippen LogP contribution in [0.3, 0.4) is 0 Å². The van der Waals surface area contributed by atoms with Crippen molar-refractivity contribution in [1.82, 2.24) is 5.43 Å². The number of amides is 1. The Labute approximate surface area is 98.2 Å². The summed E-state index contributed by atoms with van der Waals surface area (Å²) in [7, 11) is 2.56. The van der Waals surface area contributed by atoms with Gasteiger partial charge in [-0.2, -0.15) is 5.10 Å². The van der Waals surface area contributed by atoms with Gasteiger partial charge in [-0.1, -0.05) is 12.1 Å². The Kier molecular flexibility index (Phi) is 4.68. The third kappa shape index (κ3) is 3.94. The van der Waals surface area contributed by atoms with Crippen LogP contribution in [0.5, 0.6) is 0 Å². The van der Waals surface area contributed by atoms with Crippen LogP contribution in [0.15, 0.2) is 29.4 Å². The van der Waals surface area contributed by atoms with E-state index in [-0.39, 0.29) is 0 Å². The summed E-state index contributed by atoms with van der Waals surface area (Å²) < 4.78 is 8.89. The SMILES string of the molecule is COC(=O)N/N=C\c1ccc(C(=O)OC)cc1. The van der Waals surface area contributed by atoms with Crippen molar-refractivity contribution >= 4 is 18.3 Å². The zero-order valence-electron chi connectivity index (χ0n) is 9.47. The molecule has 0 aromatic heterocycles. The van der Waals surface area contributed by atoms with Crippen molar-refractivity contribution < 1.29 is 19.1 Å². The summed E-state index contributed by atoms with van der Waals surface area (Å²) in [6, 6.07) is 6.56. The zero-order valence-corrected chi connectivity index (χ0v) is 9.47. The van der Waals surface area contributed by atoms with Gasteiger partial charge in [-0.05, 0) is 17.7 Å². The van der Waals surface area contributed by atoms with Gasteiger partial charge in [0, 0.05) is 0 Å². The van der Waals surface area contributed by atoms with Crippen molar-refractivity contribution in [3.05, 3.63) is 35.4 Å². The fraction of sp³-hybridized carbons (Fsp3) is 0.182. The molecule has 0 aliphatic heterocycles. The molecule has 0 heterocycles. The van der Waals surface area contributed by atoms with Crippen LogP contribution in [0.1, 0.15) is 15.9 Å². The van der Waals surface area contributed by atoms with Gasteiger partial charge in [0.2, 0.25) is 0 Å². The average molecular weight is 236 g/mol. The van der Waals surface area contributed by atoms with Gasteiger partial charge in [0.1, 0.15) is 0 Å². The summed E-state index contributed by atoms with van der Waals surface area (Å²) in [4.78, 5) is 21.8. The van der Waals surface area contributed by atoms with Crippen LogP contribution >= 0.6 is 0 Å². The standard InChI is InChI=1S/C11H12N2O4/c1-16-10(14)9-5-3-8(4-6-9)7-12-13-11(15)17-2/h3-7H,1-2H3,(H,13,15)/b12-7-. The third-order valence-electron chi connectivity index (χ3n) is 1.89. The number of hydrogen-bond donors (Lipinski definition) is 1. The minimum absolute atomic E-state index is 0.402. The molecule has 0 atom stereocenters. The second-order valence-corrected chi connectivity index (χ2v) is 2.98. The van der Waals surface area contributed by atoms with E-state index in [1.807, 2.05) is 0 Å². The molecule has 0 unspecified atom stereocenters. The quantitative estimate of drug-likeness (QED) is 0.485. The molecule has 0 saturated carbocycles. The number of rotatable bonds is 3. The number of esters is 1. The number of methoxy groups -OCH3 is 2. The van der Waals surface area contributed by atoms with Crippen LogP contribution in [0.2, 0.25) is 0 Å². The molecule has 90 valence electrons. The van der Waals surface area contributed by atoms with E-state index >= 15 is 0 Å². The Morgan fingerprint density at radius 1 is 1.18 bits per heavy atom. The zero-order chi connectivity index (χ0) is 12.7. The van der Waals surface area contributed by atoms with Crippen LogP contribution in [-0.2, 0) is 9.47 Å². The first-order valence-corrected chi connectivity index (χ1v) is 4.72. The summed E-state index contributed by atoms with van der Waals surface area (Å²) in [6.07, 6.45) is 0.783. The Morgan fingerprint density at radius 3 is 2.35 bits per heavy atom. The van der Waals surface area contributed by atoms with Gasteiger partial charge in [0.15, 0.2) is 0 Å². The molecule has 0 aliphatic carbocycles. The predicted molar refractivity (Wildman–Crippen MR) is 60.9 cm³/mol. The maximum absolute atomic E-state index is 11.1. The topological polar surface area (TPSA) is 77.0 Å². The van der Waals surface area contributed by atoms with Crippen LogP contribution < -0.4 is 5.43 Å². The summed E-state index contributed by atoms with van der Waals surface area (Å²) in [6.45, 7) is 0. The van der Waals surface area contributed by atoms with Crippen molar-refractivity contribution in [3.63, 3.8) is 0 Å². The highest BCUT2D eigenvalue weighted by Crippen LogP contribution is 2.03. The van der Waals surface area contributed by atoms with Crippen LogP contribution in [0.4, 0.5) is 4.79 Å². The Balaban J connectivity index is 2.62. The van der Waals surface area contributed by atoms with E-state index in [2.05, 4.69) is 20.0 Å². The molecular formula is C11H12N2O4. The molecule has 0 aliphatic rings. The maximum atomic E-state index is 11.1.